The Morgan fingerprint density at radius 3 is 3.04 bits per heavy atom. The number of carbonyl (C=O) groups excluding carboxylic acids is 1. The molecule has 0 bridgehead atoms. The minimum atomic E-state index is -0.211. The van der Waals surface area contributed by atoms with E-state index >= 15 is 0 Å². The lowest BCUT2D eigenvalue weighted by molar-refractivity contribution is 0.0950. The SMILES string of the molecule is CC(C)n1ncc2cc(C(=O)NCc3coc(-c4cccs4)n3)cnc21. The van der Waals surface area contributed by atoms with Gasteiger partial charge >= 0.3 is 0 Å². The molecule has 0 saturated carbocycles. The van der Waals surface area contributed by atoms with E-state index in [1.54, 1.807) is 36.1 Å². The first-order valence-corrected chi connectivity index (χ1v) is 9.09. The van der Waals surface area contributed by atoms with Crippen LogP contribution in [0.4, 0.5) is 0 Å². The third-order valence-electron chi connectivity index (χ3n) is 3.90. The van der Waals surface area contributed by atoms with Gasteiger partial charge in [0.15, 0.2) is 5.65 Å². The Balaban J connectivity index is 1.46. The highest BCUT2D eigenvalue weighted by atomic mass is 32.1. The minimum Gasteiger partial charge on any atom is -0.443 e. The van der Waals surface area contributed by atoms with Gasteiger partial charge in [-0.15, -0.1) is 11.3 Å². The summed E-state index contributed by atoms with van der Waals surface area (Å²) >= 11 is 1.56. The van der Waals surface area contributed by atoms with Gasteiger partial charge in [-0.25, -0.2) is 14.6 Å². The number of fused-ring (bicyclic) bond motifs is 1. The Labute approximate surface area is 153 Å². The lowest BCUT2D eigenvalue weighted by Crippen LogP contribution is -2.23. The van der Waals surface area contributed by atoms with Gasteiger partial charge in [0, 0.05) is 17.6 Å². The maximum Gasteiger partial charge on any atom is 0.253 e. The van der Waals surface area contributed by atoms with Gasteiger partial charge in [-0.1, -0.05) is 6.07 Å². The molecule has 0 saturated heterocycles. The third-order valence-corrected chi connectivity index (χ3v) is 4.76. The predicted molar refractivity (Wildman–Crippen MR) is 98.9 cm³/mol. The van der Waals surface area contributed by atoms with Crippen LogP contribution in [0.5, 0.6) is 0 Å². The molecule has 7 nitrogen and oxygen atoms in total. The van der Waals surface area contributed by atoms with Crippen molar-refractivity contribution < 1.29 is 9.21 Å². The van der Waals surface area contributed by atoms with Gasteiger partial charge in [-0.2, -0.15) is 5.10 Å². The average molecular weight is 367 g/mol. The fraction of sp³-hybridized carbons (Fsp3) is 0.222. The molecule has 4 rings (SSSR count). The molecule has 0 aromatic carbocycles. The van der Waals surface area contributed by atoms with Crippen LogP contribution in [0.2, 0.25) is 0 Å². The maximum absolute atomic E-state index is 12.4. The van der Waals surface area contributed by atoms with E-state index in [0.29, 0.717) is 17.1 Å². The van der Waals surface area contributed by atoms with Gasteiger partial charge in [0.2, 0.25) is 5.89 Å². The molecule has 132 valence electrons. The fourth-order valence-corrected chi connectivity index (χ4v) is 3.27. The standard InChI is InChI=1S/C18H17N5O2S/c1-11(2)23-16-12(8-21-23)6-13(7-19-16)17(24)20-9-14-10-25-18(22-14)15-4-3-5-26-15/h3-8,10-11H,9H2,1-2H3,(H,20,24). The smallest absolute Gasteiger partial charge is 0.253 e. The zero-order valence-corrected chi connectivity index (χ0v) is 15.2. The second-order valence-electron chi connectivity index (χ2n) is 6.12. The van der Waals surface area contributed by atoms with Crippen LogP contribution in [0.25, 0.3) is 21.8 Å². The molecule has 0 radical (unpaired) electrons. The molecule has 1 N–H and O–H groups in total. The van der Waals surface area contributed by atoms with Crippen molar-refractivity contribution in [3.8, 4) is 10.8 Å². The fourth-order valence-electron chi connectivity index (χ4n) is 2.62. The number of hydrogen-bond acceptors (Lipinski definition) is 6. The number of carbonyl (C=O) groups is 1. The Hall–Kier alpha value is -3.00. The van der Waals surface area contributed by atoms with Crippen molar-refractivity contribution in [1.82, 2.24) is 25.1 Å². The van der Waals surface area contributed by atoms with Crippen molar-refractivity contribution in [3.63, 3.8) is 0 Å². The summed E-state index contributed by atoms with van der Waals surface area (Å²) in [4.78, 5) is 22.1. The highest BCUT2D eigenvalue weighted by molar-refractivity contribution is 7.13. The first kappa shape index (κ1) is 16.5. The van der Waals surface area contributed by atoms with Gasteiger partial charge < -0.3 is 9.73 Å². The van der Waals surface area contributed by atoms with Crippen LogP contribution in [-0.4, -0.2) is 25.7 Å². The summed E-state index contributed by atoms with van der Waals surface area (Å²) in [5.41, 5.74) is 1.93. The van der Waals surface area contributed by atoms with Crippen molar-refractivity contribution in [2.24, 2.45) is 0 Å². The number of nitrogens with one attached hydrogen (secondary N) is 1. The molecule has 1 amide bonds. The molecule has 4 aromatic heterocycles. The molecule has 26 heavy (non-hydrogen) atoms. The summed E-state index contributed by atoms with van der Waals surface area (Å²) in [6, 6.07) is 5.89. The molecule has 4 heterocycles. The van der Waals surface area contributed by atoms with Crippen molar-refractivity contribution >= 4 is 28.3 Å². The molecule has 0 unspecified atom stereocenters. The maximum atomic E-state index is 12.4. The molecule has 0 spiro atoms. The highest BCUT2D eigenvalue weighted by Crippen LogP contribution is 2.23. The number of nitrogens with zero attached hydrogens (tertiary/aromatic N) is 4. The van der Waals surface area contributed by atoms with E-state index in [4.69, 9.17) is 4.42 Å². The molecular formula is C18H17N5O2S. The summed E-state index contributed by atoms with van der Waals surface area (Å²) < 4.78 is 7.29. The first-order chi connectivity index (χ1) is 12.6. The van der Waals surface area contributed by atoms with Gasteiger partial charge in [0.1, 0.15) is 6.26 Å². The normalized spacial score (nSPS) is 11.3. The highest BCUT2D eigenvalue weighted by Gasteiger charge is 2.13. The van der Waals surface area contributed by atoms with E-state index in [0.717, 1.165) is 15.9 Å². The number of aromatic nitrogens is 4. The Morgan fingerprint density at radius 1 is 1.38 bits per heavy atom. The summed E-state index contributed by atoms with van der Waals surface area (Å²) in [7, 11) is 0. The van der Waals surface area contributed by atoms with Crippen molar-refractivity contribution in [3.05, 3.63) is 53.5 Å². The van der Waals surface area contributed by atoms with Crippen LogP contribution in [-0.2, 0) is 6.54 Å². The largest absolute Gasteiger partial charge is 0.443 e. The van der Waals surface area contributed by atoms with Crippen LogP contribution in [0.15, 0.2) is 46.7 Å². The molecule has 4 aromatic rings. The number of rotatable bonds is 5. The van der Waals surface area contributed by atoms with E-state index in [9.17, 15) is 4.79 Å². The Kier molecular flexibility index (Phi) is 4.26. The van der Waals surface area contributed by atoms with E-state index in [1.165, 1.54) is 0 Å². The first-order valence-electron chi connectivity index (χ1n) is 8.21. The average Bonchev–Trinajstić information content (AvgIpc) is 3.38. The molecule has 0 aliphatic carbocycles. The van der Waals surface area contributed by atoms with E-state index in [1.807, 2.05) is 36.0 Å². The monoisotopic (exact) mass is 367 g/mol. The zero-order chi connectivity index (χ0) is 18.1. The van der Waals surface area contributed by atoms with Gasteiger partial charge in [0.05, 0.1) is 28.9 Å². The number of pyridine rings is 1. The van der Waals surface area contributed by atoms with E-state index in [-0.39, 0.29) is 18.5 Å². The lowest BCUT2D eigenvalue weighted by Gasteiger charge is -2.06. The van der Waals surface area contributed by atoms with Gasteiger partial charge in [-0.3, -0.25) is 4.79 Å². The number of hydrogen-bond donors (Lipinski definition) is 1. The molecule has 0 atom stereocenters. The molecule has 0 aliphatic rings. The Morgan fingerprint density at radius 2 is 2.27 bits per heavy atom. The summed E-state index contributed by atoms with van der Waals surface area (Å²) in [5.74, 6) is 0.353. The van der Waals surface area contributed by atoms with Crippen molar-refractivity contribution in [2.75, 3.05) is 0 Å². The second kappa shape index (κ2) is 6.72. The third kappa shape index (κ3) is 3.11. The van der Waals surface area contributed by atoms with Crippen molar-refractivity contribution in [2.45, 2.75) is 26.4 Å². The zero-order valence-electron chi connectivity index (χ0n) is 14.3. The summed E-state index contributed by atoms with van der Waals surface area (Å²) in [6.45, 7) is 4.37. The summed E-state index contributed by atoms with van der Waals surface area (Å²) in [5, 5.41) is 9.96. The molecule has 0 fully saturated rings. The second-order valence-corrected chi connectivity index (χ2v) is 7.07. The summed E-state index contributed by atoms with van der Waals surface area (Å²) in [6.07, 6.45) is 4.85. The number of amides is 1. The molecule has 0 aliphatic heterocycles. The number of oxazole rings is 1. The lowest BCUT2D eigenvalue weighted by atomic mass is 10.2. The van der Waals surface area contributed by atoms with E-state index in [2.05, 4.69) is 20.4 Å². The van der Waals surface area contributed by atoms with Crippen LogP contribution in [0, 0.1) is 0 Å². The van der Waals surface area contributed by atoms with Crippen LogP contribution in [0.1, 0.15) is 35.9 Å². The van der Waals surface area contributed by atoms with Crippen LogP contribution >= 0.6 is 11.3 Å². The number of thiophene rings is 1. The topological polar surface area (TPSA) is 85.8 Å². The molecular weight excluding hydrogens is 350 g/mol. The van der Waals surface area contributed by atoms with Crippen molar-refractivity contribution in [1.29, 1.82) is 0 Å². The Bertz CT molecular complexity index is 1050. The minimum absolute atomic E-state index is 0.211. The molecule has 8 heteroatoms. The van der Waals surface area contributed by atoms with Gasteiger partial charge in [-0.05, 0) is 31.4 Å². The predicted octanol–water partition coefficient (Wildman–Crippen LogP) is 3.66. The quantitative estimate of drug-likeness (QED) is 0.582. The van der Waals surface area contributed by atoms with E-state index < -0.39 is 0 Å². The van der Waals surface area contributed by atoms with Crippen LogP contribution < -0.4 is 5.32 Å². The van der Waals surface area contributed by atoms with Crippen LogP contribution in [0.3, 0.4) is 0 Å². The van der Waals surface area contributed by atoms with Gasteiger partial charge in [0.25, 0.3) is 5.91 Å².